The van der Waals surface area contributed by atoms with E-state index in [1.54, 1.807) is 0 Å². The van der Waals surface area contributed by atoms with Gasteiger partial charge in [-0.15, -0.1) is 0 Å². The minimum atomic E-state index is -0.538. The molecule has 0 saturated carbocycles. The lowest BCUT2D eigenvalue weighted by Gasteiger charge is -2.14. The van der Waals surface area contributed by atoms with Crippen molar-refractivity contribution in [1.82, 2.24) is 5.32 Å². The highest BCUT2D eigenvalue weighted by Gasteiger charge is 2.24. The molecule has 0 spiro atoms. The summed E-state index contributed by atoms with van der Waals surface area (Å²) >= 11 is 0. The smallest absolute Gasteiger partial charge is 0.133 e. The minimum absolute atomic E-state index is 0.346. The number of benzene rings is 2. The molecule has 1 aliphatic carbocycles. The van der Waals surface area contributed by atoms with E-state index in [9.17, 15) is 8.78 Å². The number of halogens is 2. The molecule has 0 radical (unpaired) electrons. The molecule has 1 atom stereocenters. The van der Waals surface area contributed by atoms with Crippen LogP contribution in [-0.4, -0.2) is 6.54 Å². The Labute approximate surface area is 117 Å². The molecule has 1 aliphatic rings. The summed E-state index contributed by atoms with van der Waals surface area (Å²) in [6.07, 6.45) is 1.96. The van der Waals surface area contributed by atoms with E-state index in [0.717, 1.165) is 31.0 Å². The summed E-state index contributed by atoms with van der Waals surface area (Å²) in [6, 6.07) is 10.1. The third kappa shape index (κ3) is 2.22. The maximum Gasteiger partial charge on any atom is 0.133 e. The van der Waals surface area contributed by atoms with Crippen LogP contribution in [0.25, 0.3) is 11.1 Å². The van der Waals surface area contributed by atoms with Gasteiger partial charge in [0.1, 0.15) is 11.6 Å². The Kier molecular flexibility index (Phi) is 3.53. The van der Waals surface area contributed by atoms with Gasteiger partial charge in [0.25, 0.3) is 0 Å². The Balaban J connectivity index is 2.08. The van der Waals surface area contributed by atoms with Gasteiger partial charge in [0.05, 0.1) is 0 Å². The first-order chi connectivity index (χ1) is 9.70. The average molecular weight is 273 g/mol. The molecular formula is C17H17F2N. The number of fused-ring (bicyclic) bond motifs is 1. The van der Waals surface area contributed by atoms with E-state index < -0.39 is 11.6 Å². The Bertz CT molecular complexity index is 637. The van der Waals surface area contributed by atoms with E-state index in [0.29, 0.717) is 11.6 Å². The molecule has 20 heavy (non-hydrogen) atoms. The van der Waals surface area contributed by atoms with Crippen LogP contribution in [0.2, 0.25) is 0 Å². The lowest BCUT2D eigenvalue weighted by atomic mass is 9.96. The molecule has 0 bridgehead atoms. The van der Waals surface area contributed by atoms with Crippen LogP contribution in [0.4, 0.5) is 8.78 Å². The summed E-state index contributed by atoms with van der Waals surface area (Å²) in [5.74, 6) is -1.03. The number of nitrogens with one attached hydrogen (secondary N) is 1. The fourth-order valence-corrected chi connectivity index (χ4v) is 3.07. The van der Waals surface area contributed by atoms with Crippen molar-refractivity contribution in [2.75, 3.05) is 6.54 Å². The molecule has 3 heteroatoms. The van der Waals surface area contributed by atoms with Gasteiger partial charge in [0.15, 0.2) is 0 Å². The van der Waals surface area contributed by atoms with Crippen molar-refractivity contribution in [3.05, 3.63) is 59.2 Å². The monoisotopic (exact) mass is 273 g/mol. The molecule has 3 rings (SSSR count). The minimum Gasteiger partial charge on any atom is -0.310 e. The van der Waals surface area contributed by atoms with Crippen LogP contribution in [0.5, 0.6) is 0 Å². The fraction of sp³-hybridized carbons (Fsp3) is 0.294. The van der Waals surface area contributed by atoms with Crippen molar-refractivity contribution in [3.8, 4) is 11.1 Å². The van der Waals surface area contributed by atoms with Gasteiger partial charge < -0.3 is 5.32 Å². The Morgan fingerprint density at radius 2 is 2.00 bits per heavy atom. The van der Waals surface area contributed by atoms with Gasteiger partial charge in [0.2, 0.25) is 0 Å². The van der Waals surface area contributed by atoms with Gasteiger partial charge in [0, 0.05) is 17.7 Å². The molecule has 1 nitrogen and oxygen atoms in total. The van der Waals surface area contributed by atoms with Crippen molar-refractivity contribution in [3.63, 3.8) is 0 Å². The second-order valence-electron chi connectivity index (χ2n) is 5.15. The lowest BCUT2D eigenvalue weighted by molar-refractivity contribution is 0.549. The number of hydrogen-bond donors (Lipinski definition) is 1. The molecule has 0 amide bonds. The highest BCUT2D eigenvalue weighted by molar-refractivity contribution is 5.70. The summed E-state index contributed by atoms with van der Waals surface area (Å²) < 4.78 is 27.0. The maximum atomic E-state index is 14.0. The Morgan fingerprint density at radius 1 is 1.15 bits per heavy atom. The van der Waals surface area contributed by atoms with E-state index in [2.05, 4.69) is 18.3 Å². The maximum absolute atomic E-state index is 14.0. The normalized spacial score (nSPS) is 17.2. The molecule has 104 valence electrons. The van der Waals surface area contributed by atoms with Crippen molar-refractivity contribution in [2.45, 2.75) is 25.8 Å². The molecule has 0 aliphatic heterocycles. The summed E-state index contributed by atoms with van der Waals surface area (Å²) in [4.78, 5) is 0. The third-order valence-electron chi connectivity index (χ3n) is 3.94. The SMILES string of the molecule is CCNC1CCc2c(-c3ccc(F)cc3F)cccc21. The number of rotatable bonds is 3. The van der Waals surface area contributed by atoms with Gasteiger partial charge in [-0.25, -0.2) is 8.78 Å². The molecule has 0 saturated heterocycles. The van der Waals surface area contributed by atoms with E-state index in [-0.39, 0.29) is 0 Å². The second kappa shape index (κ2) is 5.33. The zero-order chi connectivity index (χ0) is 14.1. The molecule has 1 N–H and O–H groups in total. The van der Waals surface area contributed by atoms with E-state index in [4.69, 9.17) is 0 Å². The van der Waals surface area contributed by atoms with Crippen molar-refractivity contribution in [2.24, 2.45) is 0 Å². The topological polar surface area (TPSA) is 12.0 Å². The first-order valence-corrected chi connectivity index (χ1v) is 7.01. The molecule has 2 aromatic rings. The van der Waals surface area contributed by atoms with Crippen molar-refractivity contribution >= 4 is 0 Å². The second-order valence-corrected chi connectivity index (χ2v) is 5.15. The van der Waals surface area contributed by atoms with Crippen LogP contribution in [0.3, 0.4) is 0 Å². The molecule has 1 unspecified atom stereocenters. The first kappa shape index (κ1) is 13.3. The zero-order valence-electron chi connectivity index (χ0n) is 11.4. The molecular weight excluding hydrogens is 256 g/mol. The largest absolute Gasteiger partial charge is 0.310 e. The molecule has 0 aromatic heterocycles. The average Bonchev–Trinajstić information content (AvgIpc) is 2.83. The van der Waals surface area contributed by atoms with Gasteiger partial charge in [-0.1, -0.05) is 25.1 Å². The van der Waals surface area contributed by atoms with Crippen molar-refractivity contribution in [1.29, 1.82) is 0 Å². The fourth-order valence-electron chi connectivity index (χ4n) is 3.07. The van der Waals surface area contributed by atoms with Crippen molar-refractivity contribution < 1.29 is 8.78 Å². The first-order valence-electron chi connectivity index (χ1n) is 7.01. The van der Waals surface area contributed by atoms with E-state index >= 15 is 0 Å². The van der Waals surface area contributed by atoms with Gasteiger partial charge in [-0.3, -0.25) is 0 Å². The van der Waals surface area contributed by atoms with Crippen LogP contribution >= 0.6 is 0 Å². The van der Waals surface area contributed by atoms with Gasteiger partial charge in [-0.05, 0) is 48.2 Å². The Morgan fingerprint density at radius 3 is 2.75 bits per heavy atom. The standard InChI is InChI=1S/C17H17F2N/c1-2-20-17-9-8-13-12(4-3-5-15(13)17)14-7-6-11(18)10-16(14)19/h3-7,10,17,20H,2,8-9H2,1H3. The zero-order valence-corrected chi connectivity index (χ0v) is 11.4. The van der Waals surface area contributed by atoms with Crippen LogP contribution in [-0.2, 0) is 6.42 Å². The van der Waals surface area contributed by atoms with Gasteiger partial charge >= 0.3 is 0 Å². The predicted octanol–water partition coefficient (Wildman–Crippen LogP) is 4.23. The summed E-state index contributed by atoms with van der Waals surface area (Å²) in [7, 11) is 0. The van der Waals surface area contributed by atoms with Crippen LogP contribution in [0.1, 0.15) is 30.5 Å². The molecule has 2 aromatic carbocycles. The summed E-state index contributed by atoms with van der Waals surface area (Å²) in [5.41, 5.74) is 3.80. The summed E-state index contributed by atoms with van der Waals surface area (Å²) in [5, 5.41) is 3.45. The van der Waals surface area contributed by atoms with Crippen LogP contribution in [0, 0.1) is 11.6 Å². The summed E-state index contributed by atoms with van der Waals surface area (Å²) in [6.45, 7) is 3.00. The molecule has 0 heterocycles. The number of hydrogen-bond acceptors (Lipinski definition) is 1. The molecule has 0 fully saturated rings. The van der Waals surface area contributed by atoms with Gasteiger partial charge in [-0.2, -0.15) is 0 Å². The lowest BCUT2D eigenvalue weighted by Crippen LogP contribution is -2.18. The Hall–Kier alpha value is -1.74. The van der Waals surface area contributed by atoms with Crippen LogP contribution in [0.15, 0.2) is 36.4 Å². The van der Waals surface area contributed by atoms with E-state index in [1.165, 1.54) is 23.3 Å². The third-order valence-corrected chi connectivity index (χ3v) is 3.94. The quantitative estimate of drug-likeness (QED) is 0.882. The highest BCUT2D eigenvalue weighted by Crippen LogP contribution is 2.38. The van der Waals surface area contributed by atoms with Crippen LogP contribution < -0.4 is 5.32 Å². The van der Waals surface area contributed by atoms with E-state index in [1.807, 2.05) is 12.1 Å². The predicted molar refractivity (Wildman–Crippen MR) is 76.5 cm³/mol. The highest BCUT2D eigenvalue weighted by atomic mass is 19.1.